The molecule has 3 N–H and O–H groups in total. The van der Waals surface area contributed by atoms with Crippen LogP contribution >= 0.6 is 22.7 Å². The average Bonchev–Trinajstić information content (AvgIpc) is 3.26. The van der Waals surface area contributed by atoms with E-state index in [1.165, 1.54) is 11.3 Å². The molecule has 0 bridgehead atoms. The molecule has 3 amide bonds. The van der Waals surface area contributed by atoms with Gasteiger partial charge in [-0.1, -0.05) is 0 Å². The monoisotopic (exact) mass is 429 g/mol. The fourth-order valence-corrected chi connectivity index (χ4v) is 4.62. The molecule has 1 aliphatic rings. The van der Waals surface area contributed by atoms with Gasteiger partial charge in [0, 0.05) is 24.0 Å². The second-order valence-corrected chi connectivity index (χ2v) is 8.91. The van der Waals surface area contributed by atoms with Crippen molar-refractivity contribution in [2.75, 3.05) is 17.2 Å². The van der Waals surface area contributed by atoms with E-state index in [9.17, 15) is 14.4 Å². The van der Waals surface area contributed by atoms with Crippen LogP contribution in [-0.4, -0.2) is 34.2 Å². The normalized spacial score (nSPS) is 16.4. The number of carbonyl (C=O) groups is 3. The van der Waals surface area contributed by atoms with Crippen LogP contribution in [0.5, 0.6) is 0 Å². The third-order valence-electron chi connectivity index (χ3n) is 4.54. The maximum atomic E-state index is 12.3. The van der Waals surface area contributed by atoms with Gasteiger partial charge in [-0.3, -0.25) is 14.4 Å². The number of nitrogens with one attached hydrogen (secondary N) is 3. The molecule has 8 nitrogen and oxygen atoms in total. The minimum Gasteiger partial charge on any atom is -0.355 e. The largest absolute Gasteiger partial charge is 0.355 e. The molecule has 1 saturated heterocycles. The lowest BCUT2D eigenvalue weighted by atomic mass is 9.98. The van der Waals surface area contributed by atoms with Crippen LogP contribution in [0.15, 0.2) is 23.6 Å². The van der Waals surface area contributed by atoms with E-state index in [1.54, 1.807) is 16.7 Å². The van der Waals surface area contributed by atoms with E-state index in [0.29, 0.717) is 35.9 Å². The summed E-state index contributed by atoms with van der Waals surface area (Å²) in [4.78, 5) is 44.6. The number of hydrogen-bond donors (Lipinski definition) is 3. The van der Waals surface area contributed by atoms with Gasteiger partial charge in [-0.05, 0) is 31.5 Å². The summed E-state index contributed by atoms with van der Waals surface area (Å²) in [5, 5.41) is 11.5. The molecule has 3 heterocycles. The average molecular weight is 430 g/mol. The van der Waals surface area contributed by atoms with Crippen molar-refractivity contribution >= 4 is 61.4 Å². The van der Waals surface area contributed by atoms with Crippen molar-refractivity contribution in [3.05, 3.63) is 34.3 Å². The molecule has 3 aromatic rings. The molecule has 29 heavy (non-hydrogen) atoms. The zero-order valence-electron chi connectivity index (χ0n) is 15.7. The highest BCUT2D eigenvalue weighted by molar-refractivity contribution is 7.18. The van der Waals surface area contributed by atoms with Gasteiger partial charge in [0.05, 0.1) is 33.3 Å². The third kappa shape index (κ3) is 4.77. The topological polar surface area (TPSA) is 113 Å². The highest BCUT2D eigenvalue weighted by Gasteiger charge is 2.25. The number of fused-ring (bicyclic) bond motifs is 1. The number of piperidine rings is 1. The van der Waals surface area contributed by atoms with Crippen molar-refractivity contribution in [2.45, 2.75) is 26.2 Å². The molecule has 0 spiro atoms. The second kappa shape index (κ2) is 8.26. The highest BCUT2D eigenvalue weighted by atomic mass is 32.1. The predicted molar refractivity (Wildman–Crippen MR) is 113 cm³/mol. The molecular formula is C19H19N5O3S2. The van der Waals surface area contributed by atoms with Crippen molar-refractivity contribution in [3.63, 3.8) is 0 Å². The second-order valence-electron chi connectivity index (χ2n) is 6.81. The van der Waals surface area contributed by atoms with Crippen molar-refractivity contribution < 1.29 is 14.4 Å². The van der Waals surface area contributed by atoms with E-state index in [1.807, 2.05) is 25.1 Å². The van der Waals surface area contributed by atoms with Gasteiger partial charge in [-0.25, -0.2) is 9.97 Å². The van der Waals surface area contributed by atoms with Crippen LogP contribution < -0.4 is 16.0 Å². The minimum atomic E-state index is -0.257. The Morgan fingerprint density at radius 1 is 1.28 bits per heavy atom. The Labute approximate surface area is 174 Å². The molecule has 1 unspecified atom stereocenters. The molecule has 1 aromatic carbocycles. The molecule has 150 valence electrons. The Hall–Kier alpha value is -2.85. The smallest absolute Gasteiger partial charge is 0.231 e. The third-order valence-corrected chi connectivity index (χ3v) is 6.30. The molecule has 1 aliphatic heterocycles. The summed E-state index contributed by atoms with van der Waals surface area (Å²) in [6.07, 6.45) is 0.995. The number of nitrogens with zero attached hydrogens (tertiary/aromatic N) is 2. The first-order valence-corrected chi connectivity index (χ1v) is 10.8. The van der Waals surface area contributed by atoms with Crippen LogP contribution in [-0.2, 0) is 20.8 Å². The van der Waals surface area contributed by atoms with E-state index in [0.717, 1.165) is 15.2 Å². The van der Waals surface area contributed by atoms with Crippen molar-refractivity contribution in [1.29, 1.82) is 0 Å². The lowest BCUT2D eigenvalue weighted by Gasteiger charge is -2.20. The van der Waals surface area contributed by atoms with Gasteiger partial charge < -0.3 is 16.0 Å². The van der Waals surface area contributed by atoms with Crippen molar-refractivity contribution in [3.8, 4) is 0 Å². The number of carbonyl (C=O) groups excluding carboxylic acids is 3. The number of amides is 3. The maximum Gasteiger partial charge on any atom is 0.231 e. The van der Waals surface area contributed by atoms with Crippen molar-refractivity contribution in [1.82, 2.24) is 15.3 Å². The van der Waals surface area contributed by atoms with Crippen LogP contribution in [0.25, 0.3) is 10.2 Å². The van der Waals surface area contributed by atoms with Gasteiger partial charge in [-0.2, -0.15) is 0 Å². The van der Waals surface area contributed by atoms with Gasteiger partial charge in [0.2, 0.25) is 17.7 Å². The molecule has 4 rings (SSSR count). The minimum absolute atomic E-state index is 0.0272. The zero-order valence-corrected chi connectivity index (χ0v) is 17.3. The molecular weight excluding hydrogens is 410 g/mol. The van der Waals surface area contributed by atoms with E-state index < -0.39 is 0 Å². The Morgan fingerprint density at radius 3 is 2.93 bits per heavy atom. The van der Waals surface area contributed by atoms with Crippen LogP contribution in [0.2, 0.25) is 0 Å². The number of anilines is 2. The molecule has 1 atom stereocenters. The molecule has 10 heteroatoms. The van der Waals surface area contributed by atoms with Gasteiger partial charge >= 0.3 is 0 Å². The van der Waals surface area contributed by atoms with E-state index in [2.05, 4.69) is 25.9 Å². The first-order valence-electron chi connectivity index (χ1n) is 9.15. The summed E-state index contributed by atoms with van der Waals surface area (Å²) < 4.78 is 1.08. The fourth-order valence-electron chi connectivity index (χ4n) is 3.10. The van der Waals surface area contributed by atoms with Crippen LogP contribution in [0.1, 0.15) is 23.5 Å². The molecule has 2 aromatic heterocycles. The Morgan fingerprint density at radius 2 is 2.14 bits per heavy atom. The first kappa shape index (κ1) is 19.5. The number of rotatable bonds is 5. The molecule has 1 fully saturated rings. The van der Waals surface area contributed by atoms with Crippen molar-refractivity contribution in [2.24, 2.45) is 5.92 Å². The van der Waals surface area contributed by atoms with Gasteiger partial charge in [0.1, 0.15) is 0 Å². The number of aromatic nitrogens is 2. The van der Waals surface area contributed by atoms with E-state index in [4.69, 9.17) is 0 Å². The lowest BCUT2D eigenvalue weighted by molar-refractivity contribution is -0.126. The Bertz CT molecular complexity index is 1080. The predicted octanol–water partition coefficient (Wildman–Crippen LogP) is 2.71. The first-order chi connectivity index (χ1) is 14.0. The fraction of sp³-hybridized carbons (Fsp3) is 0.316. The van der Waals surface area contributed by atoms with Crippen LogP contribution in [0.3, 0.4) is 0 Å². The van der Waals surface area contributed by atoms with Gasteiger partial charge in [0.15, 0.2) is 5.13 Å². The summed E-state index contributed by atoms with van der Waals surface area (Å²) in [6.45, 7) is 2.29. The number of hydrogen-bond acceptors (Lipinski definition) is 7. The molecule has 0 aliphatic carbocycles. The summed E-state index contributed by atoms with van der Waals surface area (Å²) in [6, 6.07) is 5.65. The lowest BCUT2D eigenvalue weighted by Crippen LogP contribution is -2.40. The Balaban J connectivity index is 1.32. The number of benzene rings is 1. The van der Waals surface area contributed by atoms with E-state index >= 15 is 0 Å². The SMILES string of the molecule is Cc1nc2cc(NC(=O)Cc3csc(NC(=O)C4CCC(=O)NC4)n3)ccc2s1. The quantitative estimate of drug-likeness (QED) is 0.577. The van der Waals surface area contributed by atoms with Gasteiger partial charge in [-0.15, -0.1) is 22.7 Å². The maximum absolute atomic E-state index is 12.3. The zero-order chi connectivity index (χ0) is 20.4. The summed E-state index contributed by atoms with van der Waals surface area (Å²) >= 11 is 2.89. The highest BCUT2D eigenvalue weighted by Crippen LogP contribution is 2.25. The molecule has 0 saturated carbocycles. The van der Waals surface area contributed by atoms with Gasteiger partial charge in [0.25, 0.3) is 0 Å². The van der Waals surface area contributed by atoms with E-state index in [-0.39, 0.29) is 30.1 Å². The molecule has 0 radical (unpaired) electrons. The summed E-state index contributed by atoms with van der Waals surface area (Å²) in [5.74, 6) is -0.634. The Kier molecular flexibility index (Phi) is 5.54. The van der Waals surface area contributed by atoms with Crippen LogP contribution in [0, 0.1) is 12.8 Å². The number of aryl methyl sites for hydroxylation is 1. The standard InChI is InChI=1S/C19H19N5O3S2/c1-10-21-14-6-12(3-4-15(14)29-10)22-17(26)7-13-9-28-19(23-13)24-18(27)11-2-5-16(25)20-8-11/h3-4,6,9,11H,2,5,7-8H2,1H3,(H,20,25)(H,22,26)(H,23,24,27). The summed E-state index contributed by atoms with van der Waals surface area (Å²) in [7, 11) is 0. The van der Waals surface area contributed by atoms with Crippen LogP contribution in [0.4, 0.5) is 10.8 Å². The summed E-state index contributed by atoms with van der Waals surface area (Å²) in [5.41, 5.74) is 2.14. The number of thiazole rings is 2.